The van der Waals surface area contributed by atoms with Gasteiger partial charge in [0.2, 0.25) is 0 Å². The van der Waals surface area contributed by atoms with Crippen molar-refractivity contribution in [2.45, 2.75) is 19.3 Å². The van der Waals surface area contributed by atoms with Crippen LogP contribution < -0.4 is 0 Å². The molecule has 1 aliphatic rings. The molecule has 1 atom stereocenters. The van der Waals surface area contributed by atoms with Crippen LogP contribution in [0.25, 0.3) is 0 Å². The summed E-state index contributed by atoms with van der Waals surface area (Å²) in [7, 11) is 0. The van der Waals surface area contributed by atoms with Gasteiger partial charge in [-0.3, -0.25) is 4.39 Å². The van der Waals surface area contributed by atoms with E-state index in [1.54, 1.807) is 0 Å². The number of halogens is 2. The second-order valence-corrected chi connectivity index (χ2v) is 4.27. The molecule has 72 valence electrons. The number of rotatable bonds is 5. The molecule has 12 heavy (non-hydrogen) atoms. The molecule has 0 aromatic carbocycles. The molecule has 0 aliphatic carbocycles. The van der Waals surface area contributed by atoms with Crippen molar-refractivity contribution in [3.8, 4) is 0 Å². The molecule has 0 saturated carbocycles. The van der Waals surface area contributed by atoms with E-state index in [0.29, 0.717) is 6.42 Å². The zero-order chi connectivity index (χ0) is 8.81. The van der Waals surface area contributed by atoms with Crippen molar-refractivity contribution in [1.29, 1.82) is 0 Å². The monoisotopic (exact) mass is 237 g/mol. The van der Waals surface area contributed by atoms with E-state index in [9.17, 15) is 4.39 Å². The zero-order valence-electron chi connectivity index (χ0n) is 7.44. The SMILES string of the molecule is FCCCN1CCC(CCBr)C1. The molecule has 1 unspecified atom stereocenters. The first-order chi connectivity index (χ1) is 5.86. The Kier molecular flexibility index (Phi) is 5.16. The third-order valence-electron chi connectivity index (χ3n) is 2.50. The van der Waals surface area contributed by atoms with Crippen molar-refractivity contribution in [2.75, 3.05) is 31.6 Å². The lowest BCUT2D eigenvalue weighted by Crippen LogP contribution is -2.22. The average molecular weight is 238 g/mol. The molecule has 1 heterocycles. The quantitative estimate of drug-likeness (QED) is 0.665. The molecule has 0 amide bonds. The highest BCUT2D eigenvalue weighted by atomic mass is 79.9. The normalized spacial score (nSPS) is 25.0. The van der Waals surface area contributed by atoms with Gasteiger partial charge in [0, 0.05) is 18.4 Å². The van der Waals surface area contributed by atoms with Gasteiger partial charge < -0.3 is 4.90 Å². The van der Waals surface area contributed by atoms with Crippen LogP contribution >= 0.6 is 15.9 Å². The van der Waals surface area contributed by atoms with Crippen LogP contribution in [0.15, 0.2) is 0 Å². The lowest BCUT2D eigenvalue weighted by atomic mass is 10.1. The molecule has 1 fully saturated rings. The van der Waals surface area contributed by atoms with E-state index in [1.807, 2.05) is 0 Å². The first-order valence-electron chi connectivity index (χ1n) is 4.71. The van der Waals surface area contributed by atoms with Crippen molar-refractivity contribution in [1.82, 2.24) is 4.90 Å². The first kappa shape index (κ1) is 10.5. The molecule has 1 nitrogen and oxygen atoms in total. The van der Waals surface area contributed by atoms with Crippen LogP contribution in [0.3, 0.4) is 0 Å². The van der Waals surface area contributed by atoms with Crippen molar-refractivity contribution in [2.24, 2.45) is 5.92 Å². The van der Waals surface area contributed by atoms with Crippen LogP contribution in [-0.4, -0.2) is 36.5 Å². The fraction of sp³-hybridized carbons (Fsp3) is 1.00. The smallest absolute Gasteiger partial charge is 0.0906 e. The van der Waals surface area contributed by atoms with E-state index in [1.165, 1.54) is 25.9 Å². The minimum Gasteiger partial charge on any atom is -0.303 e. The lowest BCUT2D eigenvalue weighted by Gasteiger charge is -2.14. The van der Waals surface area contributed by atoms with Gasteiger partial charge in [-0.1, -0.05) is 15.9 Å². The molecular weight excluding hydrogens is 221 g/mol. The molecule has 1 saturated heterocycles. The predicted octanol–water partition coefficient (Wildman–Crippen LogP) is 2.45. The van der Waals surface area contributed by atoms with E-state index < -0.39 is 0 Å². The number of likely N-dealkylation sites (tertiary alicyclic amines) is 1. The highest BCUT2D eigenvalue weighted by molar-refractivity contribution is 9.09. The highest BCUT2D eigenvalue weighted by Gasteiger charge is 2.20. The summed E-state index contributed by atoms with van der Waals surface area (Å²) in [5.41, 5.74) is 0. The molecule has 1 rings (SSSR count). The predicted molar refractivity (Wildman–Crippen MR) is 53.6 cm³/mol. The highest BCUT2D eigenvalue weighted by Crippen LogP contribution is 2.20. The van der Waals surface area contributed by atoms with Crippen LogP contribution in [0.4, 0.5) is 4.39 Å². The Morgan fingerprint density at radius 3 is 3.00 bits per heavy atom. The third kappa shape index (κ3) is 3.40. The van der Waals surface area contributed by atoms with Gasteiger partial charge in [0.05, 0.1) is 6.67 Å². The number of nitrogens with zero attached hydrogens (tertiary/aromatic N) is 1. The van der Waals surface area contributed by atoms with Crippen molar-refractivity contribution in [3.63, 3.8) is 0 Å². The third-order valence-corrected chi connectivity index (χ3v) is 2.95. The summed E-state index contributed by atoms with van der Waals surface area (Å²) >= 11 is 3.45. The maximum atomic E-state index is 11.9. The summed E-state index contributed by atoms with van der Waals surface area (Å²) in [5, 5.41) is 1.11. The Balaban J connectivity index is 2.08. The van der Waals surface area contributed by atoms with Crippen LogP contribution in [0, 0.1) is 5.92 Å². The second-order valence-electron chi connectivity index (χ2n) is 3.48. The Bertz CT molecular complexity index is 121. The maximum Gasteiger partial charge on any atom is 0.0906 e. The first-order valence-corrected chi connectivity index (χ1v) is 5.83. The number of alkyl halides is 2. The molecule has 0 aromatic rings. The fourth-order valence-corrected chi connectivity index (χ4v) is 2.44. The van der Waals surface area contributed by atoms with Gasteiger partial charge in [-0.05, 0) is 31.7 Å². The minimum atomic E-state index is -0.167. The fourth-order valence-electron chi connectivity index (χ4n) is 1.79. The Labute approximate surface area is 82.4 Å². The van der Waals surface area contributed by atoms with Crippen LogP contribution in [0.1, 0.15) is 19.3 Å². The summed E-state index contributed by atoms with van der Waals surface area (Å²) in [6.45, 7) is 3.15. The lowest BCUT2D eigenvalue weighted by molar-refractivity contribution is 0.300. The van der Waals surface area contributed by atoms with Gasteiger partial charge in [-0.2, -0.15) is 0 Å². The van der Waals surface area contributed by atoms with Crippen LogP contribution in [-0.2, 0) is 0 Å². The largest absolute Gasteiger partial charge is 0.303 e. The van der Waals surface area contributed by atoms with Gasteiger partial charge >= 0.3 is 0 Å². The Hall–Kier alpha value is 0.370. The van der Waals surface area contributed by atoms with Crippen LogP contribution in [0.5, 0.6) is 0 Å². The summed E-state index contributed by atoms with van der Waals surface area (Å²) in [4.78, 5) is 2.38. The number of hydrogen-bond donors (Lipinski definition) is 0. The molecular formula is C9H17BrFN. The topological polar surface area (TPSA) is 3.24 Å². The molecule has 0 aromatic heterocycles. The van der Waals surface area contributed by atoms with Gasteiger partial charge in [0.1, 0.15) is 0 Å². The van der Waals surface area contributed by atoms with E-state index >= 15 is 0 Å². The molecule has 0 radical (unpaired) electrons. The van der Waals surface area contributed by atoms with E-state index in [4.69, 9.17) is 0 Å². The summed E-state index contributed by atoms with van der Waals surface area (Å²) in [5.74, 6) is 0.851. The molecule has 3 heteroatoms. The standard InChI is InChI=1S/C9H17BrFN/c10-4-2-9-3-7-12(8-9)6-1-5-11/h9H,1-8H2. The van der Waals surface area contributed by atoms with Gasteiger partial charge in [-0.25, -0.2) is 0 Å². The molecule has 0 spiro atoms. The second kappa shape index (κ2) is 5.92. The van der Waals surface area contributed by atoms with E-state index in [0.717, 1.165) is 17.8 Å². The summed E-state index contributed by atoms with van der Waals surface area (Å²) in [6.07, 6.45) is 3.28. The van der Waals surface area contributed by atoms with Crippen molar-refractivity contribution < 1.29 is 4.39 Å². The van der Waals surface area contributed by atoms with Gasteiger partial charge in [-0.15, -0.1) is 0 Å². The van der Waals surface area contributed by atoms with E-state index in [-0.39, 0.29) is 6.67 Å². The molecule has 1 aliphatic heterocycles. The maximum absolute atomic E-state index is 11.9. The van der Waals surface area contributed by atoms with Gasteiger partial charge in [0.25, 0.3) is 0 Å². The summed E-state index contributed by atoms with van der Waals surface area (Å²) < 4.78 is 11.9. The molecule has 0 N–H and O–H groups in total. The average Bonchev–Trinajstić information content (AvgIpc) is 2.50. The molecule has 0 bridgehead atoms. The summed E-state index contributed by atoms with van der Waals surface area (Å²) in [6, 6.07) is 0. The van der Waals surface area contributed by atoms with Gasteiger partial charge in [0.15, 0.2) is 0 Å². The number of hydrogen-bond acceptors (Lipinski definition) is 1. The van der Waals surface area contributed by atoms with Crippen molar-refractivity contribution >= 4 is 15.9 Å². The van der Waals surface area contributed by atoms with E-state index in [2.05, 4.69) is 20.8 Å². The Morgan fingerprint density at radius 2 is 2.33 bits per heavy atom. The van der Waals surface area contributed by atoms with Crippen molar-refractivity contribution in [3.05, 3.63) is 0 Å². The zero-order valence-corrected chi connectivity index (χ0v) is 9.02. The van der Waals surface area contributed by atoms with Crippen LogP contribution in [0.2, 0.25) is 0 Å². The minimum absolute atomic E-state index is 0.167. The Morgan fingerprint density at radius 1 is 1.50 bits per heavy atom.